The minimum Gasteiger partial charge on any atom is -0.488 e. The molecule has 0 radical (unpaired) electrons. The molecule has 2 aromatic carbocycles. The third-order valence-corrected chi connectivity index (χ3v) is 3.69. The Balaban J connectivity index is 2.31. The second-order valence-corrected chi connectivity index (χ2v) is 6.33. The number of anilines is 1. The summed E-state index contributed by atoms with van der Waals surface area (Å²) in [7, 11) is 0. The Labute approximate surface area is 161 Å². The third kappa shape index (κ3) is 5.13. The van der Waals surface area contributed by atoms with E-state index in [9.17, 15) is 20.2 Å². The first-order valence-corrected chi connectivity index (χ1v) is 8.29. The maximum atomic E-state index is 11.2. The summed E-state index contributed by atoms with van der Waals surface area (Å²) in [5, 5.41) is 26.0. The minimum absolute atomic E-state index is 0.0422. The largest absolute Gasteiger partial charge is 0.488 e. The standard InChI is InChI=1S/C19H20N4O5/c1-12(2)11-28-19-14(4)7-13(3)8-15(19)10-20-21-17-6-5-16(22(24)25)9-18(17)23(26)27/h5-10,21H,1,11H2,2-4H3/b20-10+. The molecule has 1 N–H and O–H groups in total. The zero-order valence-electron chi connectivity index (χ0n) is 15.8. The van der Waals surface area contributed by atoms with Gasteiger partial charge < -0.3 is 4.74 Å². The molecule has 0 aliphatic carbocycles. The van der Waals surface area contributed by atoms with Crippen LogP contribution in [0.25, 0.3) is 0 Å². The average Bonchev–Trinajstić information content (AvgIpc) is 2.60. The van der Waals surface area contributed by atoms with E-state index in [-0.39, 0.29) is 11.4 Å². The van der Waals surface area contributed by atoms with Gasteiger partial charge in [0, 0.05) is 11.6 Å². The molecule has 9 heteroatoms. The monoisotopic (exact) mass is 384 g/mol. The van der Waals surface area contributed by atoms with Crippen LogP contribution in [-0.4, -0.2) is 22.7 Å². The van der Waals surface area contributed by atoms with Gasteiger partial charge in [-0.1, -0.05) is 12.6 Å². The number of hydrazone groups is 1. The van der Waals surface area contributed by atoms with Gasteiger partial charge in [0.05, 0.1) is 22.1 Å². The van der Waals surface area contributed by atoms with E-state index in [2.05, 4.69) is 17.1 Å². The van der Waals surface area contributed by atoms with Gasteiger partial charge in [0.15, 0.2) is 0 Å². The number of hydrogen-bond donors (Lipinski definition) is 1. The molecule has 0 aromatic heterocycles. The summed E-state index contributed by atoms with van der Waals surface area (Å²) < 4.78 is 5.79. The number of rotatable bonds is 8. The molecule has 0 amide bonds. The maximum Gasteiger partial charge on any atom is 0.301 e. The summed E-state index contributed by atoms with van der Waals surface area (Å²) in [6.07, 6.45) is 1.49. The quantitative estimate of drug-likeness (QED) is 0.309. The van der Waals surface area contributed by atoms with Crippen LogP contribution in [0, 0.1) is 34.1 Å². The van der Waals surface area contributed by atoms with Crippen LogP contribution in [0.1, 0.15) is 23.6 Å². The van der Waals surface area contributed by atoms with Crippen molar-refractivity contribution < 1.29 is 14.6 Å². The fourth-order valence-corrected chi connectivity index (χ4v) is 2.53. The summed E-state index contributed by atoms with van der Waals surface area (Å²) in [4.78, 5) is 20.6. The Hall–Kier alpha value is -3.75. The lowest BCUT2D eigenvalue weighted by Crippen LogP contribution is -2.04. The van der Waals surface area contributed by atoms with Crippen molar-refractivity contribution >= 4 is 23.3 Å². The van der Waals surface area contributed by atoms with E-state index in [1.165, 1.54) is 18.3 Å². The maximum absolute atomic E-state index is 11.2. The zero-order chi connectivity index (χ0) is 20.8. The van der Waals surface area contributed by atoms with E-state index in [4.69, 9.17) is 4.74 Å². The number of nitrogens with one attached hydrogen (secondary N) is 1. The summed E-state index contributed by atoms with van der Waals surface area (Å²) in [6, 6.07) is 7.14. The van der Waals surface area contributed by atoms with Crippen LogP contribution in [0.5, 0.6) is 5.75 Å². The molecule has 0 bridgehead atoms. The molecule has 0 spiro atoms. The highest BCUT2D eigenvalue weighted by Gasteiger charge is 2.19. The number of nitro groups is 2. The average molecular weight is 384 g/mol. The molecular formula is C19H20N4O5. The molecule has 0 saturated carbocycles. The van der Waals surface area contributed by atoms with Crippen LogP contribution in [0.15, 0.2) is 47.6 Å². The van der Waals surface area contributed by atoms with Gasteiger partial charge in [-0.3, -0.25) is 25.7 Å². The second kappa shape index (κ2) is 8.76. The number of ether oxygens (including phenoxy) is 1. The fraction of sp³-hybridized carbons (Fsp3) is 0.211. The van der Waals surface area contributed by atoms with Gasteiger partial charge in [-0.2, -0.15) is 5.10 Å². The summed E-state index contributed by atoms with van der Waals surface area (Å²) in [5.74, 6) is 0.636. The fourth-order valence-electron chi connectivity index (χ4n) is 2.53. The molecular weight excluding hydrogens is 364 g/mol. The van der Waals surface area contributed by atoms with Gasteiger partial charge in [0.25, 0.3) is 5.69 Å². The molecule has 0 heterocycles. The topological polar surface area (TPSA) is 120 Å². The molecule has 0 saturated heterocycles. The molecule has 2 rings (SSSR count). The Morgan fingerprint density at radius 3 is 2.54 bits per heavy atom. The van der Waals surface area contributed by atoms with E-state index >= 15 is 0 Å². The number of nitrogens with zero attached hydrogens (tertiary/aromatic N) is 3. The highest BCUT2D eigenvalue weighted by molar-refractivity contribution is 5.85. The van der Waals surface area contributed by atoms with Crippen molar-refractivity contribution in [3.05, 3.63) is 79.4 Å². The van der Waals surface area contributed by atoms with E-state index in [0.717, 1.165) is 22.8 Å². The number of hydrogen-bond acceptors (Lipinski definition) is 7. The molecule has 0 atom stereocenters. The van der Waals surface area contributed by atoms with Crippen molar-refractivity contribution in [1.82, 2.24) is 0 Å². The normalized spacial score (nSPS) is 10.7. The number of benzene rings is 2. The third-order valence-electron chi connectivity index (χ3n) is 3.69. The minimum atomic E-state index is -0.705. The Morgan fingerprint density at radius 1 is 1.21 bits per heavy atom. The van der Waals surface area contributed by atoms with Crippen LogP contribution in [0.4, 0.5) is 17.1 Å². The van der Waals surface area contributed by atoms with Crippen molar-refractivity contribution in [3.63, 3.8) is 0 Å². The van der Waals surface area contributed by atoms with Crippen LogP contribution < -0.4 is 10.2 Å². The molecule has 0 fully saturated rings. The predicted octanol–water partition coefficient (Wildman–Crippen LogP) is 4.52. The summed E-state index contributed by atoms with van der Waals surface area (Å²) >= 11 is 0. The second-order valence-electron chi connectivity index (χ2n) is 6.33. The first-order chi connectivity index (χ1) is 13.2. The first-order valence-electron chi connectivity index (χ1n) is 8.29. The van der Waals surface area contributed by atoms with Crippen molar-refractivity contribution in [2.45, 2.75) is 20.8 Å². The summed E-state index contributed by atoms with van der Waals surface area (Å²) in [5.41, 5.74) is 5.28. The molecule has 0 aliphatic rings. The van der Waals surface area contributed by atoms with Crippen molar-refractivity contribution in [3.8, 4) is 5.75 Å². The lowest BCUT2D eigenvalue weighted by molar-refractivity contribution is -0.393. The Kier molecular flexibility index (Phi) is 6.43. The smallest absolute Gasteiger partial charge is 0.301 e. The van der Waals surface area contributed by atoms with Crippen molar-refractivity contribution in [1.29, 1.82) is 0 Å². The highest BCUT2D eigenvalue weighted by Crippen LogP contribution is 2.29. The van der Waals surface area contributed by atoms with E-state index in [1.807, 2.05) is 32.9 Å². The van der Waals surface area contributed by atoms with Crippen molar-refractivity contribution in [2.24, 2.45) is 5.10 Å². The first kappa shape index (κ1) is 20.6. The predicted molar refractivity (Wildman–Crippen MR) is 107 cm³/mol. The van der Waals surface area contributed by atoms with Gasteiger partial charge in [0.2, 0.25) is 0 Å². The van der Waals surface area contributed by atoms with Crippen LogP contribution >= 0.6 is 0 Å². The van der Waals surface area contributed by atoms with E-state index < -0.39 is 15.5 Å². The molecule has 2 aromatic rings. The van der Waals surface area contributed by atoms with Gasteiger partial charge >= 0.3 is 5.69 Å². The SMILES string of the molecule is C=C(C)COc1c(C)cc(C)cc1/C=N/Nc1ccc([N+](=O)[O-])cc1[N+](=O)[O-]. The summed E-state index contributed by atoms with van der Waals surface area (Å²) in [6.45, 7) is 9.86. The molecule has 146 valence electrons. The lowest BCUT2D eigenvalue weighted by Gasteiger charge is -2.13. The lowest BCUT2D eigenvalue weighted by atomic mass is 10.1. The highest BCUT2D eigenvalue weighted by atomic mass is 16.6. The van der Waals surface area contributed by atoms with Gasteiger partial charge in [-0.05, 0) is 49.6 Å². The zero-order valence-corrected chi connectivity index (χ0v) is 15.8. The van der Waals surface area contributed by atoms with E-state index in [0.29, 0.717) is 17.9 Å². The van der Waals surface area contributed by atoms with Crippen LogP contribution in [-0.2, 0) is 0 Å². The number of non-ortho nitro benzene ring substituents is 1. The molecule has 28 heavy (non-hydrogen) atoms. The van der Waals surface area contributed by atoms with Gasteiger partial charge in [0.1, 0.15) is 18.0 Å². The van der Waals surface area contributed by atoms with Gasteiger partial charge in [-0.25, -0.2) is 0 Å². The Bertz CT molecular complexity index is 969. The van der Waals surface area contributed by atoms with Crippen molar-refractivity contribution in [2.75, 3.05) is 12.0 Å². The van der Waals surface area contributed by atoms with Crippen LogP contribution in [0.3, 0.4) is 0 Å². The van der Waals surface area contributed by atoms with E-state index in [1.54, 1.807) is 0 Å². The Morgan fingerprint density at radius 2 is 1.93 bits per heavy atom. The molecule has 0 unspecified atom stereocenters. The number of aryl methyl sites for hydroxylation is 2. The van der Waals surface area contributed by atoms with Gasteiger partial charge in [-0.15, -0.1) is 0 Å². The van der Waals surface area contributed by atoms with Crippen LogP contribution in [0.2, 0.25) is 0 Å². The number of nitro benzene ring substituents is 2. The molecule has 9 nitrogen and oxygen atoms in total. The molecule has 0 aliphatic heterocycles.